The van der Waals surface area contributed by atoms with Crippen molar-refractivity contribution in [3.05, 3.63) is 62.5 Å². The van der Waals surface area contributed by atoms with E-state index in [2.05, 4.69) is 87.4 Å². The molecule has 1 atom stereocenters. The maximum atomic E-state index is 3.59. The van der Waals surface area contributed by atoms with Gasteiger partial charge in [-0.25, -0.2) is 0 Å². The van der Waals surface area contributed by atoms with Gasteiger partial charge in [-0.3, -0.25) is 0 Å². The Kier molecular flexibility index (Phi) is 4.46. The summed E-state index contributed by atoms with van der Waals surface area (Å²) in [5.74, 6) is 0. The lowest BCUT2D eigenvalue weighted by Gasteiger charge is -2.18. The zero-order chi connectivity index (χ0) is 13.1. The Balaban J connectivity index is 2.21. The number of hydrogen-bond donors (Lipinski definition) is 1. The lowest BCUT2D eigenvalue weighted by Crippen LogP contribution is -2.07. The zero-order valence-corrected chi connectivity index (χ0v) is 13.5. The van der Waals surface area contributed by atoms with Gasteiger partial charge in [-0.05, 0) is 59.1 Å². The minimum atomic E-state index is 0.250. The van der Waals surface area contributed by atoms with Gasteiger partial charge >= 0.3 is 0 Å². The zero-order valence-electron chi connectivity index (χ0n) is 10.4. The number of halogens is 2. The van der Waals surface area contributed by atoms with Gasteiger partial charge in [-0.15, -0.1) is 0 Å². The molecule has 0 aliphatic carbocycles. The van der Waals surface area contributed by atoms with Crippen LogP contribution in [0.3, 0.4) is 0 Å². The average molecular weight is 369 g/mol. The second-order valence-electron chi connectivity index (χ2n) is 4.37. The minimum Gasteiger partial charge on any atom is -0.378 e. The summed E-state index contributed by atoms with van der Waals surface area (Å²) in [5.41, 5.74) is 3.62. The van der Waals surface area contributed by atoms with Crippen LogP contribution >= 0.6 is 31.9 Å². The number of benzene rings is 2. The van der Waals surface area contributed by atoms with Crippen LogP contribution in [0, 0.1) is 6.92 Å². The molecule has 2 rings (SSSR count). The smallest absolute Gasteiger partial charge is 0.0497 e. The van der Waals surface area contributed by atoms with Crippen molar-refractivity contribution in [3.63, 3.8) is 0 Å². The van der Waals surface area contributed by atoms with Crippen molar-refractivity contribution in [3.8, 4) is 0 Å². The average Bonchev–Trinajstić information content (AvgIpc) is 2.33. The summed E-state index contributed by atoms with van der Waals surface area (Å²) < 4.78 is 2.23. The summed E-state index contributed by atoms with van der Waals surface area (Å²) in [6.07, 6.45) is 0. The topological polar surface area (TPSA) is 12.0 Å². The number of rotatable bonds is 3. The normalized spacial score (nSPS) is 12.2. The van der Waals surface area contributed by atoms with Crippen LogP contribution in [0.5, 0.6) is 0 Å². The van der Waals surface area contributed by atoms with Crippen LogP contribution < -0.4 is 5.32 Å². The van der Waals surface area contributed by atoms with Gasteiger partial charge in [0.1, 0.15) is 0 Å². The van der Waals surface area contributed by atoms with Crippen molar-refractivity contribution in [1.82, 2.24) is 0 Å². The molecule has 0 saturated heterocycles. The van der Waals surface area contributed by atoms with Gasteiger partial charge in [0.05, 0.1) is 0 Å². The van der Waals surface area contributed by atoms with Gasteiger partial charge in [0.25, 0.3) is 0 Å². The molecular formula is C15H15Br2N. The van der Waals surface area contributed by atoms with E-state index in [4.69, 9.17) is 0 Å². The van der Waals surface area contributed by atoms with Crippen molar-refractivity contribution >= 4 is 37.5 Å². The monoisotopic (exact) mass is 367 g/mol. The first-order valence-electron chi connectivity index (χ1n) is 5.85. The Morgan fingerprint density at radius 1 is 1.00 bits per heavy atom. The summed E-state index contributed by atoms with van der Waals surface area (Å²) in [5, 5.41) is 3.52. The molecule has 0 radical (unpaired) electrons. The highest BCUT2D eigenvalue weighted by Crippen LogP contribution is 2.30. The Bertz CT molecular complexity index is 552. The molecule has 0 amide bonds. The molecule has 0 aliphatic rings. The Morgan fingerprint density at radius 2 is 1.72 bits per heavy atom. The van der Waals surface area contributed by atoms with Crippen LogP contribution in [-0.4, -0.2) is 0 Å². The number of anilines is 1. The van der Waals surface area contributed by atoms with E-state index in [9.17, 15) is 0 Å². The van der Waals surface area contributed by atoms with Crippen molar-refractivity contribution in [1.29, 1.82) is 0 Å². The molecule has 0 fully saturated rings. The first-order valence-corrected chi connectivity index (χ1v) is 7.43. The summed E-state index contributed by atoms with van der Waals surface area (Å²) >= 11 is 7.18. The molecule has 94 valence electrons. The molecular weight excluding hydrogens is 354 g/mol. The first kappa shape index (κ1) is 13.6. The van der Waals surface area contributed by atoms with Gasteiger partial charge < -0.3 is 5.32 Å². The van der Waals surface area contributed by atoms with E-state index in [1.807, 2.05) is 6.07 Å². The van der Waals surface area contributed by atoms with E-state index in [0.29, 0.717) is 0 Å². The van der Waals surface area contributed by atoms with Crippen molar-refractivity contribution in [2.75, 3.05) is 5.32 Å². The van der Waals surface area contributed by atoms with Crippen molar-refractivity contribution in [2.24, 2.45) is 0 Å². The third kappa shape index (κ3) is 3.15. The van der Waals surface area contributed by atoms with E-state index >= 15 is 0 Å². The van der Waals surface area contributed by atoms with Crippen molar-refractivity contribution < 1.29 is 0 Å². The highest BCUT2D eigenvalue weighted by Gasteiger charge is 2.10. The van der Waals surface area contributed by atoms with Crippen LogP contribution in [-0.2, 0) is 0 Å². The first-order chi connectivity index (χ1) is 8.58. The van der Waals surface area contributed by atoms with Crippen LogP contribution in [0.15, 0.2) is 51.4 Å². The third-order valence-electron chi connectivity index (χ3n) is 2.87. The molecule has 0 saturated carbocycles. The Hall–Kier alpha value is -0.800. The molecule has 18 heavy (non-hydrogen) atoms. The number of aryl methyl sites for hydroxylation is 1. The highest BCUT2D eigenvalue weighted by atomic mass is 79.9. The summed E-state index contributed by atoms with van der Waals surface area (Å²) in [7, 11) is 0. The molecule has 1 N–H and O–H groups in total. The van der Waals surface area contributed by atoms with E-state index in [-0.39, 0.29) is 6.04 Å². The van der Waals surface area contributed by atoms with E-state index in [1.54, 1.807) is 0 Å². The second kappa shape index (κ2) is 5.89. The molecule has 0 heterocycles. The lowest BCUT2D eigenvalue weighted by molar-refractivity contribution is 0.877. The van der Waals surface area contributed by atoms with Crippen molar-refractivity contribution in [2.45, 2.75) is 19.9 Å². The molecule has 0 spiro atoms. The largest absolute Gasteiger partial charge is 0.378 e. The maximum Gasteiger partial charge on any atom is 0.0497 e. The van der Waals surface area contributed by atoms with Gasteiger partial charge in [0.2, 0.25) is 0 Å². The van der Waals surface area contributed by atoms with Crippen LogP contribution in [0.4, 0.5) is 5.69 Å². The van der Waals surface area contributed by atoms with Crippen LogP contribution in [0.2, 0.25) is 0 Å². The predicted octanol–water partition coefficient (Wildman–Crippen LogP) is 5.69. The number of hydrogen-bond acceptors (Lipinski definition) is 1. The Morgan fingerprint density at radius 3 is 2.39 bits per heavy atom. The minimum absolute atomic E-state index is 0.250. The highest BCUT2D eigenvalue weighted by molar-refractivity contribution is 9.11. The quantitative estimate of drug-likeness (QED) is 0.733. The van der Waals surface area contributed by atoms with Gasteiger partial charge in [0, 0.05) is 20.7 Å². The van der Waals surface area contributed by atoms with Gasteiger partial charge in [-0.1, -0.05) is 40.2 Å². The summed E-state index contributed by atoms with van der Waals surface area (Å²) in [6.45, 7) is 4.25. The molecule has 0 aliphatic heterocycles. The summed E-state index contributed by atoms with van der Waals surface area (Å²) in [6, 6.07) is 14.9. The van der Waals surface area contributed by atoms with Crippen LogP contribution in [0.25, 0.3) is 0 Å². The fraction of sp³-hybridized carbons (Fsp3) is 0.200. The maximum absolute atomic E-state index is 3.59. The summed E-state index contributed by atoms with van der Waals surface area (Å²) in [4.78, 5) is 0. The fourth-order valence-electron chi connectivity index (χ4n) is 1.87. The molecule has 2 aromatic carbocycles. The van der Waals surface area contributed by atoms with Gasteiger partial charge in [-0.2, -0.15) is 0 Å². The molecule has 2 aromatic rings. The van der Waals surface area contributed by atoms with Gasteiger partial charge in [0.15, 0.2) is 0 Å². The van der Waals surface area contributed by atoms with E-state index in [1.165, 1.54) is 11.1 Å². The molecule has 0 bridgehead atoms. The molecule has 0 aromatic heterocycles. The Labute approximate surface area is 125 Å². The van der Waals surface area contributed by atoms with Crippen LogP contribution in [0.1, 0.15) is 24.1 Å². The number of nitrogens with one attached hydrogen (secondary N) is 1. The van der Waals surface area contributed by atoms with E-state index < -0.39 is 0 Å². The fourth-order valence-corrected chi connectivity index (χ4v) is 3.11. The second-order valence-corrected chi connectivity index (χ2v) is 6.08. The SMILES string of the molecule is Cc1ccc(NC(C)c2ccccc2Br)c(Br)c1. The third-order valence-corrected chi connectivity index (χ3v) is 4.25. The molecule has 3 heteroatoms. The van der Waals surface area contributed by atoms with E-state index in [0.717, 1.165) is 14.6 Å². The standard InChI is InChI=1S/C15H15Br2N/c1-10-7-8-15(14(17)9-10)18-11(2)12-5-3-4-6-13(12)16/h3-9,11,18H,1-2H3. The molecule has 1 unspecified atom stereocenters. The molecule has 1 nitrogen and oxygen atoms in total. The lowest BCUT2D eigenvalue weighted by atomic mass is 10.1. The predicted molar refractivity (Wildman–Crippen MR) is 85.1 cm³/mol.